The quantitative estimate of drug-likeness (QED) is 0.441. The van der Waals surface area contributed by atoms with E-state index in [1.165, 1.54) is 12.2 Å². The lowest BCUT2D eigenvalue weighted by atomic mass is 10.7. The van der Waals surface area contributed by atoms with E-state index in [9.17, 15) is 4.57 Å². The summed E-state index contributed by atoms with van der Waals surface area (Å²) in [4.78, 5) is 0. The normalized spacial score (nSPS) is 8.80. The van der Waals surface area contributed by atoms with Crippen LogP contribution >= 0.6 is 8.25 Å². The molecule has 0 atom stereocenters. The zero-order valence-corrected chi connectivity index (χ0v) is 6.55. The van der Waals surface area contributed by atoms with Crippen molar-refractivity contribution in [3.05, 3.63) is 25.3 Å². The van der Waals surface area contributed by atoms with Crippen LogP contribution in [0.1, 0.15) is 0 Å². The fraction of sp³-hybridized carbons (Fsp3) is 0.333. The van der Waals surface area contributed by atoms with Gasteiger partial charge in [0.15, 0.2) is 0 Å². The van der Waals surface area contributed by atoms with Crippen LogP contribution in [0.5, 0.6) is 0 Å². The predicted molar refractivity (Wildman–Crippen MR) is 39.9 cm³/mol. The van der Waals surface area contributed by atoms with Crippen molar-refractivity contribution in [2.24, 2.45) is 0 Å². The summed E-state index contributed by atoms with van der Waals surface area (Å²) < 4.78 is 19.8. The average Bonchev–Trinajstić information content (AvgIpc) is 1.97. The van der Waals surface area contributed by atoms with E-state index in [0.717, 1.165) is 0 Å². The summed E-state index contributed by atoms with van der Waals surface area (Å²) in [5, 5.41) is 0. The molecular weight excluding hydrogens is 151 g/mol. The van der Waals surface area contributed by atoms with Gasteiger partial charge in [-0.3, -0.25) is 0 Å². The molecule has 3 nitrogen and oxygen atoms in total. The largest absolute Gasteiger partial charge is 0.698 e. The van der Waals surface area contributed by atoms with E-state index in [1.807, 2.05) is 0 Å². The smallest absolute Gasteiger partial charge is 0.115 e. The van der Waals surface area contributed by atoms with Crippen LogP contribution in [-0.2, 0) is 13.6 Å². The Kier molecular flexibility index (Phi) is 6.29. The first-order chi connectivity index (χ1) is 4.81. The maximum atomic E-state index is 10.6. The number of hydrogen-bond acceptors (Lipinski definition) is 3. The Morgan fingerprint density at radius 1 is 1.20 bits per heavy atom. The Bertz CT molecular complexity index is 119. The molecule has 0 saturated heterocycles. The van der Waals surface area contributed by atoms with Crippen LogP contribution in [0.2, 0.25) is 0 Å². The van der Waals surface area contributed by atoms with Crippen molar-refractivity contribution in [1.29, 1.82) is 0 Å². The molecule has 0 N–H and O–H groups in total. The summed E-state index contributed by atoms with van der Waals surface area (Å²) in [6.45, 7) is 7.25. The van der Waals surface area contributed by atoms with Crippen LogP contribution in [0.4, 0.5) is 0 Å². The minimum absolute atomic E-state index is 0.242. The summed E-state index contributed by atoms with van der Waals surface area (Å²) in [7, 11) is -1.98. The Morgan fingerprint density at radius 2 is 1.60 bits per heavy atom. The summed E-state index contributed by atoms with van der Waals surface area (Å²) in [6, 6.07) is 0. The summed E-state index contributed by atoms with van der Waals surface area (Å²) in [6.07, 6.45) is 3.01. The summed E-state index contributed by atoms with van der Waals surface area (Å²) in [5.74, 6) is 0. The molecule has 0 aliphatic rings. The lowest BCUT2D eigenvalue weighted by Crippen LogP contribution is -1.84. The third-order valence-electron chi connectivity index (χ3n) is 0.596. The zero-order chi connectivity index (χ0) is 7.82. The first-order valence-corrected chi connectivity index (χ1v) is 3.85. The van der Waals surface area contributed by atoms with Gasteiger partial charge in [0.1, 0.15) is 13.2 Å². The van der Waals surface area contributed by atoms with Gasteiger partial charge in [-0.15, -0.1) is 22.2 Å². The van der Waals surface area contributed by atoms with Crippen molar-refractivity contribution < 1.29 is 13.6 Å². The molecule has 0 rings (SSSR count). The molecule has 0 saturated carbocycles. The van der Waals surface area contributed by atoms with Gasteiger partial charge in [-0.05, 0) is 0 Å². The standard InChI is InChI=1S/C6H10O3P/c1-3-5-8-10(7)9-6-4-2/h3-4H,1-2,5-6H2/q+1. The molecule has 0 aromatic heterocycles. The lowest BCUT2D eigenvalue weighted by molar-refractivity contribution is 0.261. The monoisotopic (exact) mass is 161 g/mol. The highest BCUT2D eigenvalue weighted by Gasteiger charge is 2.16. The summed E-state index contributed by atoms with van der Waals surface area (Å²) in [5.41, 5.74) is 0. The SMILES string of the molecule is C=CCO[P+](=O)OCC=C. The van der Waals surface area contributed by atoms with E-state index in [2.05, 4.69) is 22.2 Å². The van der Waals surface area contributed by atoms with Crippen molar-refractivity contribution in [3.63, 3.8) is 0 Å². The minimum Gasteiger partial charge on any atom is -0.115 e. The second-order valence-electron chi connectivity index (χ2n) is 1.39. The molecule has 0 aromatic carbocycles. The van der Waals surface area contributed by atoms with Crippen molar-refractivity contribution in [2.45, 2.75) is 0 Å². The van der Waals surface area contributed by atoms with Gasteiger partial charge in [0.2, 0.25) is 0 Å². The van der Waals surface area contributed by atoms with E-state index < -0.39 is 8.25 Å². The van der Waals surface area contributed by atoms with Crippen LogP contribution in [0.15, 0.2) is 25.3 Å². The molecule has 0 fully saturated rings. The maximum absolute atomic E-state index is 10.6. The van der Waals surface area contributed by atoms with Gasteiger partial charge in [-0.2, -0.15) is 0 Å². The van der Waals surface area contributed by atoms with E-state index in [0.29, 0.717) is 0 Å². The Morgan fingerprint density at radius 3 is 1.90 bits per heavy atom. The molecule has 0 spiro atoms. The molecule has 0 aliphatic heterocycles. The van der Waals surface area contributed by atoms with Crippen molar-refractivity contribution in [2.75, 3.05) is 13.2 Å². The van der Waals surface area contributed by atoms with Crippen LogP contribution in [0.3, 0.4) is 0 Å². The molecule has 4 heteroatoms. The first-order valence-electron chi connectivity index (χ1n) is 2.76. The predicted octanol–water partition coefficient (Wildman–Crippen LogP) is 2.05. The highest BCUT2D eigenvalue weighted by Crippen LogP contribution is 2.22. The third-order valence-corrected chi connectivity index (χ3v) is 1.32. The van der Waals surface area contributed by atoms with Gasteiger partial charge in [-0.1, -0.05) is 12.2 Å². The molecule has 0 heterocycles. The molecular formula is C6H10O3P+. The second kappa shape index (κ2) is 6.62. The van der Waals surface area contributed by atoms with Gasteiger partial charge in [0, 0.05) is 4.57 Å². The Labute approximate surface area is 61.3 Å². The van der Waals surface area contributed by atoms with Crippen LogP contribution in [-0.4, -0.2) is 13.2 Å². The molecule has 0 unspecified atom stereocenters. The number of rotatable bonds is 6. The van der Waals surface area contributed by atoms with Crippen molar-refractivity contribution in [1.82, 2.24) is 0 Å². The third kappa shape index (κ3) is 5.63. The van der Waals surface area contributed by atoms with Gasteiger partial charge in [-0.25, -0.2) is 0 Å². The molecule has 0 radical (unpaired) electrons. The molecule has 10 heavy (non-hydrogen) atoms. The minimum atomic E-state index is -1.98. The maximum Gasteiger partial charge on any atom is 0.698 e. The van der Waals surface area contributed by atoms with Crippen molar-refractivity contribution >= 4 is 8.25 Å². The molecule has 0 aromatic rings. The van der Waals surface area contributed by atoms with Crippen LogP contribution in [0.25, 0.3) is 0 Å². The topological polar surface area (TPSA) is 35.5 Å². The highest BCUT2D eigenvalue weighted by molar-refractivity contribution is 7.33. The van der Waals surface area contributed by atoms with E-state index in [-0.39, 0.29) is 13.2 Å². The van der Waals surface area contributed by atoms with Crippen LogP contribution < -0.4 is 0 Å². The molecule has 0 amide bonds. The fourth-order valence-electron chi connectivity index (χ4n) is 0.264. The van der Waals surface area contributed by atoms with E-state index >= 15 is 0 Å². The van der Waals surface area contributed by atoms with Crippen molar-refractivity contribution in [3.8, 4) is 0 Å². The van der Waals surface area contributed by atoms with Crippen LogP contribution in [0, 0.1) is 0 Å². The highest BCUT2D eigenvalue weighted by atomic mass is 31.1. The number of hydrogen-bond donors (Lipinski definition) is 0. The van der Waals surface area contributed by atoms with Gasteiger partial charge < -0.3 is 0 Å². The van der Waals surface area contributed by atoms with Gasteiger partial charge in [0.05, 0.1) is 0 Å². The Balaban J connectivity index is 3.24. The van der Waals surface area contributed by atoms with Gasteiger partial charge >= 0.3 is 8.25 Å². The van der Waals surface area contributed by atoms with E-state index in [1.54, 1.807) is 0 Å². The molecule has 0 bridgehead atoms. The molecule has 0 aliphatic carbocycles. The Hall–Kier alpha value is -0.500. The van der Waals surface area contributed by atoms with Gasteiger partial charge in [0.25, 0.3) is 0 Å². The van der Waals surface area contributed by atoms with E-state index in [4.69, 9.17) is 0 Å². The molecule has 56 valence electrons. The first kappa shape index (κ1) is 9.50. The average molecular weight is 161 g/mol. The second-order valence-corrected chi connectivity index (χ2v) is 2.36. The lowest BCUT2D eigenvalue weighted by Gasteiger charge is -1.81. The summed E-state index contributed by atoms with van der Waals surface area (Å²) >= 11 is 0. The zero-order valence-electron chi connectivity index (χ0n) is 5.66. The fourth-order valence-corrected chi connectivity index (χ4v) is 0.793.